The molecule has 148 valence electrons. The molecule has 0 bridgehead atoms. The van der Waals surface area contributed by atoms with Crippen LogP contribution in [0.5, 0.6) is 0 Å². The highest BCUT2D eigenvalue weighted by atomic mass is 32.1. The van der Waals surface area contributed by atoms with Crippen molar-refractivity contribution in [1.29, 1.82) is 0 Å². The lowest BCUT2D eigenvalue weighted by atomic mass is 9.79. The Kier molecular flexibility index (Phi) is 5.98. The van der Waals surface area contributed by atoms with E-state index in [0.29, 0.717) is 6.54 Å². The lowest BCUT2D eigenvalue weighted by molar-refractivity contribution is -0.125. The van der Waals surface area contributed by atoms with Crippen LogP contribution in [0, 0.1) is 12.8 Å². The van der Waals surface area contributed by atoms with Gasteiger partial charge in [-0.15, -0.1) is 11.3 Å². The van der Waals surface area contributed by atoms with Crippen LogP contribution in [0.1, 0.15) is 37.4 Å². The molecule has 1 aromatic rings. The second-order valence-corrected chi connectivity index (χ2v) is 8.28. The summed E-state index contributed by atoms with van der Waals surface area (Å²) in [5.74, 6) is 0.819. The van der Waals surface area contributed by atoms with E-state index in [9.17, 15) is 9.59 Å². The summed E-state index contributed by atoms with van der Waals surface area (Å²) in [6.07, 6.45) is 2.50. The molecular weight excluding hydrogens is 364 g/mol. The molecule has 3 heterocycles. The van der Waals surface area contributed by atoms with Crippen molar-refractivity contribution in [2.75, 3.05) is 26.2 Å². The van der Waals surface area contributed by atoms with Gasteiger partial charge in [-0.2, -0.15) is 0 Å². The number of amides is 3. The second-order valence-electron chi connectivity index (χ2n) is 7.22. The van der Waals surface area contributed by atoms with Gasteiger partial charge in [0, 0.05) is 38.0 Å². The van der Waals surface area contributed by atoms with Crippen molar-refractivity contribution in [3.8, 4) is 0 Å². The molecule has 0 aliphatic carbocycles. The SMILES string of the molecule is CCNC(=NCCc1csc(C)n1)N1CCC(C2(C)NC(=O)NC2=O)CC1. The molecule has 0 radical (unpaired) electrons. The minimum atomic E-state index is -0.804. The topological polar surface area (TPSA) is 98.7 Å². The van der Waals surface area contributed by atoms with Crippen LogP contribution in [-0.2, 0) is 11.2 Å². The maximum atomic E-state index is 12.2. The lowest BCUT2D eigenvalue weighted by Crippen LogP contribution is -2.55. The molecule has 2 fully saturated rings. The van der Waals surface area contributed by atoms with E-state index in [1.165, 1.54) is 0 Å². The molecule has 3 rings (SSSR count). The van der Waals surface area contributed by atoms with E-state index in [1.807, 2.05) is 13.8 Å². The van der Waals surface area contributed by atoms with Gasteiger partial charge in [0.25, 0.3) is 5.91 Å². The molecule has 9 heteroatoms. The number of nitrogens with zero attached hydrogens (tertiary/aromatic N) is 3. The number of thiazole rings is 1. The monoisotopic (exact) mass is 392 g/mol. The average molecular weight is 393 g/mol. The van der Waals surface area contributed by atoms with E-state index in [2.05, 4.69) is 38.1 Å². The first-order chi connectivity index (χ1) is 12.9. The van der Waals surface area contributed by atoms with Gasteiger partial charge in [0.15, 0.2) is 5.96 Å². The summed E-state index contributed by atoms with van der Waals surface area (Å²) in [7, 11) is 0. The molecule has 8 nitrogen and oxygen atoms in total. The number of hydrogen-bond donors (Lipinski definition) is 3. The van der Waals surface area contributed by atoms with Crippen LogP contribution in [0.25, 0.3) is 0 Å². The molecule has 2 saturated heterocycles. The molecule has 1 atom stereocenters. The first-order valence-corrected chi connectivity index (χ1v) is 10.4. The van der Waals surface area contributed by atoms with Gasteiger partial charge in [-0.05, 0) is 39.5 Å². The number of aliphatic imine (C=N–C) groups is 1. The van der Waals surface area contributed by atoms with Crippen LogP contribution in [0.15, 0.2) is 10.4 Å². The fraction of sp³-hybridized carbons (Fsp3) is 0.667. The van der Waals surface area contributed by atoms with Crippen LogP contribution in [-0.4, -0.2) is 59.5 Å². The van der Waals surface area contributed by atoms with Gasteiger partial charge in [0.2, 0.25) is 0 Å². The maximum Gasteiger partial charge on any atom is 0.322 e. The fourth-order valence-corrected chi connectivity index (χ4v) is 4.39. The summed E-state index contributed by atoms with van der Waals surface area (Å²) < 4.78 is 0. The summed E-state index contributed by atoms with van der Waals surface area (Å²) >= 11 is 1.67. The highest BCUT2D eigenvalue weighted by molar-refractivity contribution is 7.09. The third-order valence-electron chi connectivity index (χ3n) is 5.31. The minimum Gasteiger partial charge on any atom is -0.357 e. The standard InChI is InChI=1S/C18H28N6O2S/c1-4-19-16(20-8-5-14-11-27-12(2)21-14)24-9-6-13(7-10-24)18(3)15(25)22-17(26)23-18/h11,13H,4-10H2,1-3H3,(H,19,20)(H2,22,23,25,26). The molecule has 2 aliphatic heterocycles. The van der Waals surface area contributed by atoms with E-state index < -0.39 is 11.6 Å². The predicted octanol–water partition coefficient (Wildman–Crippen LogP) is 1.27. The molecule has 1 unspecified atom stereocenters. The molecule has 1 aromatic heterocycles. The molecule has 0 saturated carbocycles. The van der Waals surface area contributed by atoms with Crippen LogP contribution in [0.3, 0.4) is 0 Å². The van der Waals surface area contributed by atoms with Crippen molar-refractivity contribution in [1.82, 2.24) is 25.8 Å². The second kappa shape index (κ2) is 8.24. The first-order valence-electron chi connectivity index (χ1n) is 9.50. The number of hydrogen-bond acceptors (Lipinski definition) is 5. The number of urea groups is 1. The Morgan fingerprint density at radius 2 is 2.19 bits per heavy atom. The highest BCUT2D eigenvalue weighted by Crippen LogP contribution is 2.30. The van der Waals surface area contributed by atoms with Gasteiger partial charge in [-0.25, -0.2) is 9.78 Å². The number of carbonyl (C=O) groups excluding carboxylic acids is 2. The summed E-state index contributed by atoms with van der Waals surface area (Å²) in [6, 6.07) is -0.392. The number of aromatic nitrogens is 1. The van der Waals surface area contributed by atoms with Crippen LogP contribution >= 0.6 is 11.3 Å². The lowest BCUT2D eigenvalue weighted by Gasteiger charge is -2.39. The predicted molar refractivity (Wildman–Crippen MR) is 106 cm³/mol. The number of likely N-dealkylation sites (tertiary alicyclic amines) is 1. The average Bonchev–Trinajstić information content (AvgIpc) is 3.17. The molecule has 2 aliphatic rings. The smallest absolute Gasteiger partial charge is 0.322 e. The summed E-state index contributed by atoms with van der Waals surface area (Å²) in [5.41, 5.74) is 0.285. The first kappa shape index (κ1) is 19.6. The van der Waals surface area contributed by atoms with Crippen molar-refractivity contribution in [3.05, 3.63) is 16.1 Å². The molecule has 3 N–H and O–H groups in total. The Bertz CT molecular complexity index is 725. The fourth-order valence-electron chi connectivity index (χ4n) is 3.74. The van der Waals surface area contributed by atoms with Gasteiger partial charge >= 0.3 is 6.03 Å². The normalized spacial score (nSPS) is 24.1. The van der Waals surface area contributed by atoms with Crippen molar-refractivity contribution in [2.24, 2.45) is 10.9 Å². The third kappa shape index (κ3) is 4.40. The largest absolute Gasteiger partial charge is 0.357 e. The minimum absolute atomic E-state index is 0.126. The highest BCUT2D eigenvalue weighted by Gasteiger charge is 2.48. The molecule has 27 heavy (non-hydrogen) atoms. The zero-order valence-electron chi connectivity index (χ0n) is 16.2. The Balaban J connectivity index is 1.57. The number of aryl methyl sites for hydroxylation is 1. The van der Waals surface area contributed by atoms with Gasteiger partial charge in [0.1, 0.15) is 5.54 Å². The number of guanidine groups is 1. The number of imide groups is 1. The van der Waals surface area contributed by atoms with E-state index in [-0.39, 0.29) is 11.8 Å². The van der Waals surface area contributed by atoms with Gasteiger partial charge in [-0.3, -0.25) is 15.1 Å². The summed E-state index contributed by atoms with van der Waals surface area (Å²) in [6.45, 7) is 9.02. The van der Waals surface area contributed by atoms with E-state index in [1.54, 1.807) is 11.3 Å². The van der Waals surface area contributed by atoms with Crippen molar-refractivity contribution >= 4 is 29.2 Å². The molecule has 3 amide bonds. The quantitative estimate of drug-likeness (QED) is 0.398. The van der Waals surface area contributed by atoms with Gasteiger partial charge in [0.05, 0.1) is 10.7 Å². The number of rotatable bonds is 5. The Morgan fingerprint density at radius 1 is 1.44 bits per heavy atom. The number of piperidine rings is 1. The Labute approximate surface area is 163 Å². The maximum absolute atomic E-state index is 12.2. The molecule has 0 aromatic carbocycles. The van der Waals surface area contributed by atoms with E-state index in [4.69, 9.17) is 4.99 Å². The van der Waals surface area contributed by atoms with Crippen molar-refractivity contribution in [3.63, 3.8) is 0 Å². The Morgan fingerprint density at radius 3 is 2.74 bits per heavy atom. The van der Waals surface area contributed by atoms with Crippen molar-refractivity contribution < 1.29 is 9.59 Å². The molecule has 0 spiro atoms. The van der Waals surface area contributed by atoms with Gasteiger partial charge in [-0.1, -0.05) is 0 Å². The number of carbonyl (C=O) groups is 2. The zero-order valence-corrected chi connectivity index (χ0v) is 17.0. The van der Waals surface area contributed by atoms with Crippen LogP contribution in [0.4, 0.5) is 4.79 Å². The molecular formula is C18H28N6O2S. The van der Waals surface area contributed by atoms with Crippen LogP contribution < -0.4 is 16.0 Å². The van der Waals surface area contributed by atoms with E-state index >= 15 is 0 Å². The number of nitrogens with one attached hydrogen (secondary N) is 3. The summed E-state index contributed by atoms with van der Waals surface area (Å²) in [5, 5.41) is 11.7. The van der Waals surface area contributed by atoms with Crippen molar-refractivity contribution in [2.45, 2.75) is 45.6 Å². The third-order valence-corrected chi connectivity index (χ3v) is 6.14. The van der Waals surface area contributed by atoms with Crippen LogP contribution in [0.2, 0.25) is 0 Å². The zero-order chi connectivity index (χ0) is 19.4. The summed E-state index contributed by atoms with van der Waals surface area (Å²) in [4.78, 5) is 35.2. The van der Waals surface area contributed by atoms with Gasteiger partial charge < -0.3 is 15.5 Å². The van der Waals surface area contributed by atoms with E-state index in [0.717, 1.165) is 55.6 Å². The Hall–Kier alpha value is -2.16.